The molecule has 1 aliphatic heterocycles. The topological polar surface area (TPSA) is 83.9 Å². The van der Waals surface area contributed by atoms with E-state index in [2.05, 4.69) is 0 Å². The molecule has 21 heavy (non-hydrogen) atoms. The molecule has 0 fully saturated rings. The summed E-state index contributed by atoms with van der Waals surface area (Å²) >= 11 is 0. The lowest BCUT2D eigenvalue weighted by molar-refractivity contribution is 0.0562. The van der Waals surface area contributed by atoms with Gasteiger partial charge in [-0.1, -0.05) is 12.1 Å². The number of amides is 2. The van der Waals surface area contributed by atoms with E-state index in [9.17, 15) is 19.3 Å². The molecule has 2 amide bonds. The summed E-state index contributed by atoms with van der Waals surface area (Å²) in [5, 5.41) is 9.99. The van der Waals surface area contributed by atoms with Gasteiger partial charge in [-0.2, -0.15) is 0 Å². The number of fused-ring (bicyclic) bond motifs is 1. The Morgan fingerprint density at radius 3 is 2.24 bits per heavy atom. The lowest BCUT2D eigenvalue weighted by Gasteiger charge is -2.21. The Morgan fingerprint density at radius 2 is 1.76 bits per heavy atom. The standard InChI is InChI=1S/C14H18NO5P/c1-3-20-21(2,19)9-10(16)8-15-13(17)11-6-4-5-7-12(11)14(15)18/h4-7,10,16H,3,8-9H2,1-2H3/t10-,21+/m0/s1. The Hall–Kier alpha value is -1.49. The van der Waals surface area contributed by atoms with Crippen LogP contribution in [0.5, 0.6) is 0 Å². The summed E-state index contributed by atoms with van der Waals surface area (Å²) in [7, 11) is -2.92. The number of rotatable bonds is 6. The van der Waals surface area contributed by atoms with Crippen molar-refractivity contribution in [1.29, 1.82) is 0 Å². The Labute approximate surface area is 123 Å². The van der Waals surface area contributed by atoms with Crippen molar-refractivity contribution in [3.8, 4) is 0 Å². The van der Waals surface area contributed by atoms with Crippen LogP contribution in [-0.4, -0.2) is 53.9 Å². The number of aliphatic hydroxyl groups is 1. The highest BCUT2D eigenvalue weighted by molar-refractivity contribution is 7.58. The first-order chi connectivity index (χ1) is 9.85. The van der Waals surface area contributed by atoms with E-state index in [4.69, 9.17) is 4.52 Å². The summed E-state index contributed by atoms with van der Waals surface area (Å²) in [4.78, 5) is 25.2. The van der Waals surface area contributed by atoms with Crippen LogP contribution in [0.4, 0.5) is 0 Å². The van der Waals surface area contributed by atoms with Crippen molar-refractivity contribution in [3.63, 3.8) is 0 Å². The maximum Gasteiger partial charge on any atom is 0.261 e. The number of hydrogen-bond donors (Lipinski definition) is 1. The Balaban J connectivity index is 2.07. The monoisotopic (exact) mass is 311 g/mol. The molecular weight excluding hydrogens is 293 g/mol. The zero-order valence-electron chi connectivity index (χ0n) is 12.0. The third-order valence-electron chi connectivity index (χ3n) is 3.22. The van der Waals surface area contributed by atoms with E-state index >= 15 is 0 Å². The average Bonchev–Trinajstić information content (AvgIpc) is 2.64. The molecule has 2 rings (SSSR count). The third-order valence-corrected chi connectivity index (χ3v) is 5.11. The van der Waals surface area contributed by atoms with Crippen molar-refractivity contribution < 1.29 is 23.8 Å². The van der Waals surface area contributed by atoms with Crippen LogP contribution in [0.15, 0.2) is 24.3 Å². The van der Waals surface area contributed by atoms with Crippen LogP contribution in [0, 0.1) is 0 Å². The summed E-state index contributed by atoms with van der Waals surface area (Å²) in [5.41, 5.74) is 0.665. The Bertz CT molecular complexity index is 580. The van der Waals surface area contributed by atoms with Gasteiger partial charge in [0.15, 0.2) is 0 Å². The highest BCUT2D eigenvalue weighted by Gasteiger charge is 2.36. The fourth-order valence-corrected chi connectivity index (χ4v) is 3.91. The summed E-state index contributed by atoms with van der Waals surface area (Å²) in [6.45, 7) is 3.25. The van der Waals surface area contributed by atoms with E-state index in [-0.39, 0.29) is 19.3 Å². The predicted octanol–water partition coefficient (Wildman–Crippen LogP) is 1.59. The molecule has 7 heteroatoms. The first-order valence-electron chi connectivity index (χ1n) is 6.70. The van der Waals surface area contributed by atoms with Crippen LogP contribution in [0.3, 0.4) is 0 Å². The number of imide groups is 1. The van der Waals surface area contributed by atoms with Gasteiger partial charge in [-0.05, 0) is 19.1 Å². The first-order valence-corrected chi connectivity index (χ1v) is 8.96. The molecule has 0 bridgehead atoms. The van der Waals surface area contributed by atoms with Crippen molar-refractivity contribution in [1.82, 2.24) is 4.90 Å². The zero-order valence-corrected chi connectivity index (χ0v) is 12.9. The molecule has 1 aromatic rings. The van der Waals surface area contributed by atoms with E-state index in [1.165, 1.54) is 6.66 Å². The molecule has 0 saturated carbocycles. The Kier molecular flexibility index (Phi) is 4.61. The van der Waals surface area contributed by atoms with Gasteiger partial charge < -0.3 is 9.63 Å². The van der Waals surface area contributed by atoms with Gasteiger partial charge in [0.1, 0.15) is 0 Å². The van der Waals surface area contributed by atoms with Crippen LogP contribution in [0.2, 0.25) is 0 Å². The first kappa shape index (κ1) is 15.9. The van der Waals surface area contributed by atoms with E-state index in [1.807, 2.05) is 0 Å². The number of hydrogen-bond acceptors (Lipinski definition) is 5. The van der Waals surface area contributed by atoms with Crippen molar-refractivity contribution in [3.05, 3.63) is 35.4 Å². The van der Waals surface area contributed by atoms with Crippen LogP contribution in [0.1, 0.15) is 27.6 Å². The van der Waals surface area contributed by atoms with Crippen molar-refractivity contribution in [2.45, 2.75) is 13.0 Å². The van der Waals surface area contributed by atoms with Crippen molar-refractivity contribution in [2.24, 2.45) is 0 Å². The number of carbonyl (C=O) groups excluding carboxylic acids is 2. The molecule has 0 aliphatic carbocycles. The number of benzene rings is 1. The molecule has 0 saturated heterocycles. The van der Waals surface area contributed by atoms with Gasteiger partial charge in [-0.25, -0.2) is 0 Å². The fourth-order valence-electron chi connectivity index (χ4n) is 2.38. The van der Waals surface area contributed by atoms with E-state index in [0.717, 1.165) is 4.90 Å². The summed E-state index contributed by atoms with van der Waals surface area (Å²) in [6.07, 6.45) is -1.16. The smallest absolute Gasteiger partial charge is 0.261 e. The fraction of sp³-hybridized carbons (Fsp3) is 0.429. The molecule has 1 aliphatic rings. The van der Waals surface area contributed by atoms with Crippen molar-refractivity contribution in [2.75, 3.05) is 26.0 Å². The zero-order chi connectivity index (χ0) is 15.6. The molecule has 2 atom stereocenters. The largest absolute Gasteiger partial charge is 0.391 e. The minimum Gasteiger partial charge on any atom is -0.391 e. The average molecular weight is 311 g/mol. The molecule has 1 aromatic carbocycles. The molecule has 1 heterocycles. The quantitative estimate of drug-likeness (QED) is 0.637. The molecule has 1 N–H and O–H groups in total. The highest BCUT2D eigenvalue weighted by Crippen LogP contribution is 2.43. The van der Waals surface area contributed by atoms with Crippen LogP contribution in [0.25, 0.3) is 0 Å². The van der Waals surface area contributed by atoms with Gasteiger partial charge in [-0.15, -0.1) is 0 Å². The Morgan fingerprint density at radius 1 is 1.24 bits per heavy atom. The second kappa shape index (κ2) is 6.10. The minimum atomic E-state index is -2.92. The van der Waals surface area contributed by atoms with E-state index in [0.29, 0.717) is 11.1 Å². The SMILES string of the molecule is CCO[P@@](C)(=O)C[C@@H](O)CN1C(=O)c2ccccc2C1=O. The van der Waals surface area contributed by atoms with Gasteiger partial charge >= 0.3 is 0 Å². The lowest BCUT2D eigenvalue weighted by atomic mass is 10.1. The second-order valence-corrected chi connectivity index (χ2v) is 7.69. The molecule has 0 unspecified atom stereocenters. The maximum absolute atomic E-state index is 12.1. The van der Waals surface area contributed by atoms with Crippen LogP contribution in [-0.2, 0) is 9.09 Å². The van der Waals surface area contributed by atoms with Gasteiger partial charge in [-0.3, -0.25) is 19.1 Å². The number of β-amino-alcohol motifs (C(OH)–C–C–N with tert-alkyl or cyclic N) is 1. The van der Waals surface area contributed by atoms with Gasteiger partial charge in [0.05, 0.1) is 36.5 Å². The minimum absolute atomic E-state index is 0.0890. The van der Waals surface area contributed by atoms with Gasteiger partial charge in [0.2, 0.25) is 7.37 Å². The third kappa shape index (κ3) is 3.40. The summed E-state index contributed by atoms with van der Waals surface area (Å²) in [6, 6.07) is 6.51. The summed E-state index contributed by atoms with van der Waals surface area (Å²) in [5.74, 6) is -0.867. The van der Waals surface area contributed by atoms with Crippen LogP contribution < -0.4 is 0 Å². The van der Waals surface area contributed by atoms with E-state index in [1.54, 1.807) is 31.2 Å². The number of nitrogens with zero attached hydrogens (tertiary/aromatic N) is 1. The normalized spacial score (nSPS) is 18.5. The molecular formula is C14H18NO5P. The highest BCUT2D eigenvalue weighted by atomic mass is 31.2. The molecule has 0 radical (unpaired) electrons. The van der Waals surface area contributed by atoms with Gasteiger partial charge in [0, 0.05) is 6.66 Å². The van der Waals surface area contributed by atoms with Gasteiger partial charge in [0.25, 0.3) is 11.8 Å². The molecule has 114 valence electrons. The van der Waals surface area contributed by atoms with Crippen LogP contribution >= 0.6 is 7.37 Å². The maximum atomic E-state index is 12.1. The second-order valence-electron chi connectivity index (χ2n) is 5.03. The predicted molar refractivity (Wildman–Crippen MR) is 77.8 cm³/mol. The molecule has 0 aromatic heterocycles. The number of carbonyl (C=O) groups is 2. The van der Waals surface area contributed by atoms with E-state index < -0.39 is 25.3 Å². The summed E-state index contributed by atoms with van der Waals surface area (Å²) < 4.78 is 17.1. The lowest BCUT2D eigenvalue weighted by Crippen LogP contribution is -2.38. The van der Waals surface area contributed by atoms with Crippen molar-refractivity contribution >= 4 is 19.2 Å². The number of aliphatic hydroxyl groups excluding tert-OH is 1. The molecule has 6 nitrogen and oxygen atoms in total. The molecule has 0 spiro atoms.